The zero-order valence-electron chi connectivity index (χ0n) is 13.1. The molecule has 120 valence electrons. The topological polar surface area (TPSA) is 23.6 Å². The van der Waals surface area contributed by atoms with Crippen LogP contribution in [0.2, 0.25) is 0 Å². The molecule has 22 heavy (non-hydrogen) atoms. The number of likely N-dealkylation sites (tertiary alicyclic amines) is 2. The third kappa shape index (κ3) is 3.86. The molecule has 0 spiro atoms. The monoisotopic (exact) mass is 304 g/mol. The van der Waals surface area contributed by atoms with Crippen molar-refractivity contribution in [3.05, 3.63) is 35.6 Å². The SMILES string of the molecule is O=C1CCCCCN1C1CCN(Cc2ccc(F)cc2)CC1. The summed E-state index contributed by atoms with van der Waals surface area (Å²) in [5.41, 5.74) is 1.16. The predicted molar refractivity (Wildman–Crippen MR) is 84.9 cm³/mol. The Bertz CT molecular complexity index is 494. The fraction of sp³-hybridized carbons (Fsp3) is 0.611. The molecule has 2 aliphatic heterocycles. The van der Waals surface area contributed by atoms with E-state index < -0.39 is 0 Å². The van der Waals surface area contributed by atoms with E-state index >= 15 is 0 Å². The normalized spacial score (nSPS) is 21.9. The lowest BCUT2D eigenvalue weighted by Crippen LogP contribution is -2.47. The van der Waals surface area contributed by atoms with Crippen molar-refractivity contribution in [3.63, 3.8) is 0 Å². The summed E-state index contributed by atoms with van der Waals surface area (Å²) in [5, 5.41) is 0. The first-order valence-electron chi connectivity index (χ1n) is 8.48. The van der Waals surface area contributed by atoms with Gasteiger partial charge in [-0.3, -0.25) is 9.69 Å². The molecule has 0 bridgehead atoms. The minimum Gasteiger partial charge on any atom is -0.340 e. The third-order valence-electron chi connectivity index (χ3n) is 4.93. The van der Waals surface area contributed by atoms with Crippen LogP contribution in [0.25, 0.3) is 0 Å². The first-order chi connectivity index (χ1) is 10.7. The van der Waals surface area contributed by atoms with Crippen LogP contribution in [-0.4, -0.2) is 41.4 Å². The Labute approximate surface area is 132 Å². The summed E-state index contributed by atoms with van der Waals surface area (Å²) < 4.78 is 12.9. The highest BCUT2D eigenvalue weighted by molar-refractivity contribution is 5.76. The van der Waals surface area contributed by atoms with Gasteiger partial charge in [0.05, 0.1) is 0 Å². The summed E-state index contributed by atoms with van der Waals surface area (Å²) >= 11 is 0. The van der Waals surface area contributed by atoms with Crippen LogP contribution in [0.5, 0.6) is 0 Å². The Kier molecular flexibility index (Phi) is 5.08. The lowest BCUT2D eigenvalue weighted by atomic mass is 10.0. The molecule has 1 amide bonds. The van der Waals surface area contributed by atoms with Gasteiger partial charge >= 0.3 is 0 Å². The number of benzene rings is 1. The van der Waals surface area contributed by atoms with Gasteiger partial charge in [0.15, 0.2) is 0 Å². The summed E-state index contributed by atoms with van der Waals surface area (Å²) in [4.78, 5) is 16.7. The van der Waals surface area contributed by atoms with E-state index in [0.717, 1.165) is 63.8 Å². The van der Waals surface area contributed by atoms with E-state index in [2.05, 4.69) is 9.80 Å². The third-order valence-corrected chi connectivity index (χ3v) is 4.93. The highest BCUT2D eigenvalue weighted by Gasteiger charge is 2.28. The smallest absolute Gasteiger partial charge is 0.222 e. The Morgan fingerprint density at radius 1 is 1.00 bits per heavy atom. The van der Waals surface area contributed by atoms with Gasteiger partial charge in [-0.05, 0) is 43.4 Å². The Balaban J connectivity index is 1.51. The number of hydrogen-bond acceptors (Lipinski definition) is 2. The zero-order valence-corrected chi connectivity index (χ0v) is 13.1. The van der Waals surface area contributed by atoms with E-state index in [1.165, 1.54) is 18.6 Å². The predicted octanol–water partition coefficient (Wildman–Crippen LogP) is 3.19. The number of halogens is 1. The summed E-state index contributed by atoms with van der Waals surface area (Å²) in [6, 6.07) is 7.20. The number of carbonyl (C=O) groups excluding carboxylic acids is 1. The quantitative estimate of drug-likeness (QED) is 0.856. The van der Waals surface area contributed by atoms with Gasteiger partial charge in [0.1, 0.15) is 5.82 Å². The number of nitrogens with zero attached hydrogens (tertiary/aromatic N) is 2. The number of rotatable bonds is 3. The van der Waals surface area contributed by atoms with Crippen LogP contribution in [0, 0.1) is 5.82 Å². The largest absolute Gasteiger partial charge is 0.340 e. The van der Waals surface area contributed by atoms with Crippen LogP contribution in [0.1, 0.15) is 44.1 Å². The van der Waals surface area contributed by atoms with Crippen LogP contribution < -0.4 is 0 Å². The van der Waals surface area contributed by atoms with Gasteiger partial charge in [-0.25, -0.2) is 4.39 Å². The average Bonchev–Trinajstić information content (AvgIpc) is 2.75. The molecule has 0 aliphatic carbocycles. The van der Waals surface area contributed by atoms with Crippen molar-refractivity contribution in [2.45, 2.75) is 51.1 Å². The lowest BCUT2D eigenvalue weighted by molar-refractivity contribution is -0.133. The van der Waals surface area contributed by atoms with Gasteiger partial charge in [0.2, 0.25) is 5.91 Å². The van der Waals surface area contributed by atoms with Crippen LogP contribution in [0.3, 0.4) is 0 Å². The molecule has 1 aromatic rings. The molecule has 4 heteroatoms. The van der Waals surface area contributed by atoms with Gasteiger partial charge in [-0.1, -0.05) is 18.6 Å². The first-order valence-corrected chi connectivity index (χ1v) is 8.48. The highest BCUT2D eigenvalue weighted by atomic mass is 19.1. The second-order valence-electron chi connectivity index (χ2n) is 6.53. The molecule has 0 aromatic heterocycles. The molecule has 2 fully saturated rings. The molecule has 0 saturated carbocycles. The van der Waals surface area contributed by atoms with Crippen molar-refractivity contribution in [1.82, 2.24) is 9.80 Å². The Morgan fingerprint density at radius 3 is 2.45 bits per heavy atom. The first kappa shape index (κ1) is 15.5. The zero-order chi connectivity index (χ0) is 15.4. The van der Waals surface area contributed by atoms with Gasteiger partial charge < -0.3 is 4.90 Å². The van der Waals surface area contributed by atoms with E-state index in [1.807, 2.05) is 12.1 Å². The highest BCUT2D eigenvalue weighted by Crippen LogP contribution is 2.22. The molecule has 0 unspecified atom stereocenters. The van der Waals surface area contributed by atoms with Gasteiger partial charge in [0.25, 0.3) is 0 Å². The molecule has 3 nitrogen and oxygen atoms in total. The maximum atomic E-state index is 12.9. The fourth-order valence-electron chi connectivity index (χ4n) is 3.63. The molecule has 0 radical (unpaired) electrons. The van der Waals surface area contributed by atoms with E-state index in [1.54, 1.807) is 0 Å². The molecule has 1 aromatic carbocycles. The number of carbonyl (C=O) groups is 1. The molecule has 2 aliphatic rings. The van der Waals surface area contributed by atoms with E-state index in [9.17, 15) is 9.18 Å². The minimum absolute atomic E-state index is 0.179. The van der Waals surface area contributed by atoms with E-state index in [-0.39, 0.29) is 5.82 Å². The van der Waals surface area contributed by atoms with Crippen LogP contribution in [0.15, 0.2) is 24.3 Å². The van der Waals surface area contributed by atoms with Crippen molar-refractivity contribution in [2.75, 3.05) is 19.6 Å². The number of piperidine rings is 1. The number of hydrogen-bond donors (Lipinski definition) is 0. The standard InChI is InChI=1S/C18H25FN2O/c19-16-7-5-15(6-8-16)14-20-12-9-17(10-13-20)21-11-3-1-2-4-18(21)22/h5-8,17H,1-4,9-14H2. The summed E-state index contributed by atoms with van der Waals surface area (Å²) in [6.45, 7) is 3.86. The van der Waals surface area contributed by atoms with Crippen LogP contribution >= 0.6 is 0 Å². The van der Waals surface area contributed by atoms with Gasteiger partial charge in [0, 0.05) is 38.6 Å². The van der Waals surface area contributed by atoms with Crippen LogP contribution in [-0.2, 0) is 11.3 Å². The Hall–Kier alpha value is -1.42. The van der Waals surface area contributed by atoms with E-state index in [0.29, 0.717) is 11.9 Å². The summed E-state index contributed by atoms with van der Waals surface area (Å²) in [7, 11) is 0. The lowest BCUT2D eigenvalue weighted by Gasteiger charge is -2.38. The van der Waals surface area contributed by atoms with Gasteiger partial charge in [-0.15, -0.1) is 0 Å². The maximum Gasteiger partial charge on any atom is 0.222 e. The molecular formula is C18H25FN2O. The summed E-state index contributed by atoms with van der Waals surface area (Å²) in [6.07, 6.45) is 6.25. The summed E-state index contributed by atoms with van der Waals surface area (Å²) in [5.74, 6) is 0.177. The molecule has 3 rings (SSSR count). The fourth-order valence-corrected chi connectivity index (χ4v) is 3.63. The maximum absolute atomic E-state index is 12.9. The molecule has 2 saturated heterocycles. The molecule has 0 N–H and O–H groups in total. The van der Waals surface area contributed by atoms with Crippen molar-refractivity contribution < 1.29 is 9.18 Å². The Morgan fingerprint density at radius 2 is 1.73 bits per heavy atom. The molecule has 2 heterocycles. The van der Waals surface area contributed by atoms with Crippen molar-refractivity contribution in [2.24, 2.45) is 0 Å². The molecular weight excluding hydrogens is 279 g/mol. The molecule has 0 atom stereocenters. The second kappa shape index (κ2) is 7.23. The van der Waals surface area contributed by atoms with Crippen molar-refractivity contribution >= 4 is 5.91 Å². The van der Waals surface area contributed by atoms with Crippen molar-refractivity contribution in [1.29, 1.82) is 0 Å². The van der Waals surface area contributed by atoms with Gasteiger partial charge in [-0.2, -0.15) is 0 Å². The van der Waals surface area contributed by atoms with Crippen molar-refractivity contribution in [3.8, 4) is 0 Å². The average molecular weight is 304 g/mol. The van der Waals surface area contributed by atoms with E-state index in [4.69, 9.17) is 0 Å². The second-order valence-corrected chi connectivity index (χ2v) is 6.53. The number of amides is 1. The minimum atomic E-state index is -0.179. The van der Waals surface area contributed by atoms with Crippen LogP contribution in [0.4, 0.5) is 4.39 Å².